The molecular formula is C22H27N5O3. The molecule has 8 nitrogen and oxygen atoms in total. The van der Waals surface area contributed by atoms with E-state index in [9.17, 15) is 9.59 Å². The lowest BCUT2D eigenvalue weighted by atomic mass is 9.50. The third kappa shape index (κ3) is 3.44. The van der Waals surface area contributed by atoms with Crippen molar-refractivity contribution in [3.8, 4) is 5.88 Å². The standard InChI is InChI=1S/C22H27N5O3/c1-14-7-17(26-27(14)2)19(28)24-21-9-15-8-16(10-21)12-22(11-15,13-21)25-20(29)30-18-5-3-4-6-23-18/h3-7,15-16H,8-13H2,1-2H3,(H,24,28)(H,25,29). The molecule has 4 bridgehead atoms. The van der Waals surface area contributed by atoms with Crippen LogP contribution in [-0.2, 0) is 7.05 Å². The van der Waals surface area contributed by atoms with Crippen LogP contribution in [0, 0.1) is 18.8 Å². The number of carbonyl (C=O) groups excluding carboxylic acids is 2. The molecule has 0 aliphatic heterocycles. The van der Waals surface area contributed by atoms with E-state index in [0.29, 0.717) is 17.5 Å². The summed E-state index contributed by atoms with van der Waals surface area (Å²) >= 11 is 0. The number of hydrogen-bond acceptors (Lipinski definition) is 5. The second-order valence-electron chi connectivity index (χ2n) is 9.45. The number of ether oxygens (including phenoxy) is 1. The highest BCUT2D eigenvalue weighted by Crippen LogP contribution is 2.57. The van der Waals surface area contributed by atoms with Crippen molar-refractivity contribution in [3.05, 3.63) is 41.9 Å². The smallest absolute Gasteiger partial charge is 0.391 e. The first-order valence-corrected chi connectivity index (χ1v) is 10.6. The number of rotatable bonds is 4. The zero-order valence-corrected chi connectivity index (χ0v) is 17.4. The number of pyridine rings is 1. The van der Waals surface area contributed by atoms with E-state index < -0.39 is 6.09 Å². The molecule has 0 aromatic carbocycles. The largest absolute Gasteiger partial charge is 0.414 e. The molecule has 158 valence electrons. The van der Waals surface area contributed by atoms with E-state index in [1.165, 1.54) is 6.42 Å². The van der Waals surface area contributed by atoms with Crippen molar-refractivity contribution < 1.29 is 14.3 Å². The molecule has 0 saturated heterocycles. The minimum atomic E-state index is -0.475. The maximum Gasteiger partial charge on any atom is 0.414 e. The summed E-state index contributed by atoms with van der Waals surface area (Å²) in [5, 5.41) is 10.8. The molecule has 4 aliphatic carbocycles. The highest BCUT2D eigenvalue weighted by Gasteiger charge is 2.59. The van der Waals surface area contributed by atoms with Gasteiger partial charge >= 0.3 is 6.09 Å². The Balaban J connectivity index is 1.33. The third-order valence-corrected chi connectivity index (χ3v) is 6.99. The van der Waals surface area contributed by atoms with E-state index in [1.807, 2.05) is 20.0 Å². The number of nitrogens with zero attached hydrogens (tertiary/aromatic N) is 3. The normalized spacial score (nSPS) is 31.4. The quantitative estimate of drug-likeness (QED) is 0.809. The Hall–Kier alpha value is -2.90. The number of nitrogens with one attached hydrogen (secondary N) is 2. The molecule has 4 aliphatic rings. The molecule has 2 amide bonds. The van der Waals surface area contributed by atoms with E-state index in [-0.39, 0.29) is 22.9 Å². The molecule has 0 spiro atoms. The summed E-state index contributed by atoms with van der Waals surface area (Å²) in [5.74, 6) is 1.14. The van der Waals surface area contributed by atoms with E-state index in [0.717, 1.165) is 37.8 Å². The van der Waals surface area contributed by atoms with Crippen molar-refractivity contribution >= 4 is 12.0 Å². The maximum absolute atomic E-state index is 13.0. The van der Waals surface area contributed by atoms with Crippen LogP contribution in [0.3, 0.4) is 0 Å². The van der Waals surface area contributed by atoms with E-state index in [1.54, 1.807) is 29.1 Å². The van der Waals surface area contributed by atoms with Gasteiger partial charge in [-0.2, -0.15) is 5.10 Å². The van der Waals surface area contributed by atoms with Crippen LogP contribution in [0.1, 0.15) is 54.7 Å². The number of carbonyl (C=O) groups is 2. The van der Waals surface area contributed by atoms with Crippen LogP contribution in [-0.4, -0.2) is 37.8 Å². The molecule has 2 unspecified atom stereocenters. The molecule has 2 aromatic rings. The van der Waals surface area contributed by atoms with Crippen LogP contribution in [0.4, 0.5) is 4.79 Å². The predicted octanol–water partition coefficient (Wildman–Crippen LogP) is 2.73. The average Bonchev–Trinajstić information content (AvgIpc) is 2.99. The summed E-state index contributed by atoms with van der Waals surface area (Å²) in [6, 6.07) is 7.04. The summed E-state index contributed by atoms with van der Waals surface area (Å²) in [5.41, 5.74) is 0.747. The van der Waals surface area contributed by atoms with Gasteiger partial charge in [-0.15, -0.1) is 0 Å². The second-order valence-corrected chi connectivity index (χ2v) is 9.45. The fraction of sp³-hybridized carbons (Fsp3) is 0.545. The Bertz CT molecular complexity index is 952. The Labute approximate surface area is 175 Å². The summed E-state index contributed by atoms with van der Waals surface area (Å²) in [6.07, 6.45) is 6.79. The number of hydrogen-bond donors (Lipinski definition) is 2. The van der Waals surface area contributed by atoms with Crippen molar-refractivity contribution in [1.29, 1.82) is 0 Å². The molecule has 8 heteroatoms. The highest BCUT2D eigenvalue weighted by molar-refractivity contribution is 5.93. The first kappa shape index (κ1) is 19.1. The van der Waals surface area contributed by atoms with Crippen LogP contribution in [0.5, 0.6) is 5.88 Å². The van der Waals surface area contributed by atoms with Gasteiger partial charge in [0.25, 0.3) is 5.91 Å². The van der Waals surface area contributed by atoms with E-state index in [4.69, 9.17) is 4.74 Å². The summed E-state index contributed by atoms with van der Waals surface area (Å²) in [6.45, 7) is 1.93. The molecule has 4 saturated carbocycles. The van der Waals surface area contributed by atoms with Crippen LogP contribution in [0.15, 0.2) is 30.5 Å². The summed E-state index contributed by atoms with van der Waals surface area (Å²) < 4.78 is 7.10. The van der Waals surface area contributed by atoms with Crippen molar-refractivity contribution in [2.24, 2.45) is 18.9 Å². The molecule has 2 atom stereocenters. The fourth-order valence-electron chi connectivity index (χ4n) is 6.28. The van der Waals surface area contributed by atoms with Crippen LogP contribution in [0.25, 0.3) is 0 Å². The summed E-state index contributed by atoms with van der Waals surface area (Å²) in [7, 11) is 1.84. The molecular weight excluding hydrogens is 382 g/mol. The number of amides is 2. The predicted molar refractivity (Wildman–Crippen MR) is 109 cm³/mol. The lowest BCUT2D eigenvalue weighted by Gasteiger charge is -2.61. The van der Waals surface area contributed by atoms with Gasteiger partial charge in [0.2, 0.25) is 5.88 Å². The van der Waals surface area contributed by atoms with Crippen molar-refractivity contribution in [2.45, 2.75) is 56.5 Å². The topological polar surface area (TPSA) is 98.1 Å². The van der Waals surface area contributed by atoms with Gasteiger partial charge in [0.15, 0.2) is 0 Å². The highest BCUT2D eigenvalue weighted by atomic mass is 16.6. The lowest BCUT2D eigenvalue weighted by molar-refractivity contribution is -0.0450. The monoisotopic (exact) mass is 409 g/mol. The first-order chi connectivity index (χ1) is 14.3. The minimum Gasteiger partial charge on any atom is -0.391 e. The van der Waals surface area contributed by atoms with Crippen LogP contribution >= 0.6 is 0 Å². The van der Waals surface area contributed by atoms with Gasteiger partial charge in [0, 0.05) is 36.1 Å². The Morgan fingerprint density at radius 2 is 1.83 bits per heavy atom. The van der Waals surface area contributed by atoms with E-state index >= 15 is 0 Å². The van der Waals surface area contributed by atoms with Gasteiger partial charge in [-0.1, -0.05) is 6.07 Å². The molecule has 4 fully saturated rings. The molecule has 30 heavy (non-hydrogen) atoms. The van der Waals surface area contributed by atoms with Crippen molar-refractivity contribution in [1.82, 2.24) is 25.4 Å². The number of aryl methyl sites for hydroxylation is 2. The molecule has 2 aromatic heterocycles. The average molecular weight is 409 g/mol. The zero-order chi connectivity index (χ0) is 20.9. The molecule has 2 heterocycles. The number of aromatic nitrogens is 3. The Morgan fingerprint density at radius 1 is 1.13 bits per heavy atom. The molecule has 0 radical (unpaired) electrons. The fourth-order valence-corrected chi connectivity index (χ4v) is 6.28. The van der Waals surface area contributed by atoms with Gasteiger partial charge in [0.05, 0.1) is 0 Å². The summed E-state index contributed by atoms with van der Waals surface area (Å²) in [4.78, 5) is 29.6. The van der Waals surface area contributed by atoms with Crippen LogP contribution < -0.4 is 15.4 Å². The van der Waals surface area contributed by atoms with Crippen molar-refractivity contribution in [2.75, 3.05) is 0 Å². The Morgan fingerprint density at radius 3 is 2.43 bits per heavy atom. The third-order valence-electron chi connectivity index (χ3n) is 6.99. The zero-order valence-electron chi connectivity index (χ0n) is 17.4. The van der Waals surface area contributed by atoms with Crippen molar-refractivity contribution in [3.63, 3.8) is 0 Å². The van der Waals surface area contributed by atoms with Gasteiger partial charge in [-0.3, -0.25) is 9.48 Å². The van der Waals surface area contributed by atoms with E-state index in [2.05, 4.69) is 20.7 Å². The lowest BCUT2D eigenvalue weighted by Crippen LogP contribution is -2.70. The van der Waals surface area contributed by atoms with Gasteiger partial charge in [0.1, 0.15) is 5.69 Å². The first-order valence-electron chi connectivity index (χ1n) is 10.6. The van der Waals surface area contributed by atoms with Gasteiger partial charge < -0.3 is 15.4 Å². The maximum atomic E-state index is 13.0. The SMILES string of the molecule is Cc1cc(C(=O)NC23CC4CC(CC(NC(=O)Oc5ccccn5)(C4)C2)C3)nn1C. The molecule has 2 N–H and O–H groups in total. The minimum absolute atomic E-state index is 0.133. The Kier molecular flexibility index (Phi) is 4.34. The second kappa shape index (κ2) is 6.82. The van der Waals surface area contributed by atoms with Gasteiger partial charge in [-0.05, 0) is 69.4 Å². The van der Waals surface area contributed by atoms with Gasteiger partial charge in [-0.25, -0.2) is 9.78 Å². The van der Waals surface area contributed by atoms with Crippen LogP contribution in [0.2, 0.25) is 0 Å². The molecule has 6 rings (SSSR count).